The fourth-order valence-electron chi connectivity index (χ4n) is 3.45. The Labute approximate surface area is 172 Å². The van der Waals surface area contributed by atoms with Gasteiger partial charge in [-0.1, -0.05) is 23.4 Å². The van der Waals surface area contributed by atoms with E-state index in [0.717, 1.165) is 0 Å². The van der Waals surface area contributed by atoms with Gasteiger partial charge in [-0.2, -0.15) is 0 Å². The molecule has 1 saturated heterocycles. The van der Waals surface area contributed by atoms with E-state index in [1.54, 1.807) is 42.2 Å². The van der Waals surface area contributed by atoms with E-state index in [1.807, 2.05) is 6.07 Å². The predicted octanol–water partition coefficient (Wildman–Crippen LogP) is 1.28. The molecule has 0 unspecified atom stereocenters. The summed E-state index contributed by atoms with van der Waals surface area (Å²) >= 11 is 0. The molecule has 1 fully saturated rings. The molecule has 0 radical (unpaired) electrons. The average molecular weight is 410 g/mol. The van der Waals surface area contributed by atoms with Crippen molar-refractivity contribution in [3.63, 3.8) is 0 Å². The molecule has 156 valence electrons. The van der Waals surface area contributed by atoms with Gasteiger partial charge in [-0.25, -0.2) is 4.79 Å². The topological polar surface area (TPSA) is 109 Å². The summed E-state index contributed by atoms with van der Waals surface area (Å²) in [5.74, 6) is 0.0146. The molecule has 3 heterocycles. The second kappa shape index (κ2) is 8.50. The first-order valence-electron chi connectivity index (χ1n) is 9.77. The molecule has 1 aliphatic rings. The third-order valence-corrected chi connectivity index (χ3v) is 5.11. The van der Waals surface area contributed by atoms with Crippen LogP contribution < -0.4 is 10.9 Å². The van der Waals surface area contributed by atoms with E-state index in [-0.39, 0.29) is 11.5 Å². The smallest absolute Gasteiger partial charge is 0.349 e. The number of para-hydroxylation sites is 1. The normalized spacial score (nSPS) is 14.8. The van der Waals surface area contributed by atoms with Crippen LogP contribution in [0.2, 0.25) is 0 Å². The van der Waals surface area contributed by atoms with Crippen molar-refractivity contribution in [3.05, 3.63) is 63.8 Å². The summed E-state index contributed by atoms with van der Waals surface area (Å²) in [6.45, 7) is 5.29. The Morgan fingerprint density at radius 3 is 2.63 bits per heavy atom. The number of benzene rings is 1. The second-order valence-corrected chi connectivity index (χ2v) is 7.20. The van der Waals surface area contributed by atoms with E-state index >= 15 is 0 Å². The molecule has 0 aliphatic carbocycles. The molecule has 30 heavy (non-hydrogen) atoms. The number of amides is 2. The fraction of sp³-hybridized carbons (Fsp3) is 0.333. The first-order valence-corrected chi connectivity index (χ1v) is 9.77. The van der Waals surface area contributed by atoms with Crippen molar-refractivity contribution in [1.29, 1.82) is 0 Å². The summed E-state index contributed by atoms with van der Waals surface area (Å²) in [5.41, 5.74) is 0.114. The highest BCUT2D eigenvalue weighted by molar-refractivity contribution is 5.96. The molecule has 0 bridgehead atoms. The van der Waals surface area contributed by atoms with Gasteiger partial charge < -0.3 is 19.2 Å². The second-order valence-electron chi connectivity index (χ2n) is 7.20. The highest BCUT2D eigenvalue weighted by Crippen LogP contribution is 2.12. The Hall–Kier alpha value is -3.46. The SMILES string of the molecule is Cc1cc(C(=O)N2CCN(CCNC(=O)c3cc4ccccc4oc3=O)CC2)no1. The predicted molar refractivity (Wildman–Crippen MR) is 108 cm³/mol. The first kappa shape index (κ1) is 19.8. The van der Waals surface area contributed by atoms with Crippen LogP contribution in [0.4, 0.5) is 0 Å². The molecule has 4 rings (SSSR count). The summed E-state index contributed by atoms with van der Waals surface area (Å²) in [4.78, 5) is 40.8. The summed E-state index contributed by atoms with van der Waals surface area (Å²) in [5, 5.41) is 7.24. The van der Waals surface area contributed by atoms with Crippen molar-refractivity contribution in [2.24, 2.45) is 0 Å². The van der Waals surface area contributed by atoms with Crippen LogP contribution in [0.1, 0.15) is 26.6 Å². The number of carbonyl (C=O) groups excluding carboxylic acids is 2. The lowest BCUT2D eigenvalue weighted by Crippen LogP contribution is -2.50. The largest absolute Gasteiger partial charge is 0.422 e. The van der Waals surface area contributed by atoms with Crippen molar-refractivity contribution in [3.8, 4) is 0 Å². The number of nitrogens with one attached hydrogen (secondary N) is 1. The average Bonchev–Trinajstić information content (AvgIpc) is 3.19. The molecule has 0 atom stereocenters. The van der Waals surface area contributed by atoms with Crippen LogP contribution in [-0.4, -0.2) is 66.0 Å². The quantitative estimate of drug-likeness (QED) is 0.631. The number of nitrogens with zero attached hydrogens (tertiary/aromatic N) is 3. The monoisotopic (exact) mass is 410 g/mol. The molecule has 1 aliphatic heterocycles. The minimum atomic E-state index is -0.651. The maximum Gasteiger partial charge on any atom is 0.349 e. The Morgan fingerprint density at radius 2 is 1.90 bits per heavy atom. The van der Waals surface area contributed by atoms with Crippen LogP contribution in [-0.2, 0) is 0 Å². The number of aryl methyl sites for hydroxylation is 1. The number of fused-ring (bicyclic) bond motifs is 1. The van der Waals surface area contributed by atoms with Gasteiger partial charge in [0.2, 0.25) is 0 Å². The van der Waals surface area contributed by atoms with Crippen molar-refractivity contribution < 1.29 is 18.5 Å². The van der Waals surface area contributed by atoms with Gasteiger partial charge in [-0.05, 0) is 19.1 Å². The summed E-state index contributed by atoms with van der Waals surface area (Å²) < 4.78 is 10.2. The molecule has 1 N–H and O–H groups in total. The van der Waals surface area contributed by atoms with Gasteiger partial charge in [0.05, 0.1) is 0 Å². The van der Waals surface area contributed by atoms with Crippen molar-refractivity contribution in [2.75, 3.05) is 39.3 Å². The number of hydrogen-bond acceptors (Lipinski definition) is 7. The zero-order valence-corrected chi connectivity index (χ0v) is 16.6. The van der Waals surface area contributed by atoms with Gasteiger partial charge in [0.15, 0.2) is 5.69 Å². The standard InChI is InChI=1S/C21H22N4O5/c1-14-12-17(23-30-14)20(27)25-10-8-24(9-11-25)7-6-22-19(26)16-13-15-4-2-3-5-18(15)29-21(16)28/h2-5,12-13H,6-11H2,1H3,(H,22,26). The zero-order chi connectivity index (χ0) is 21.1. The molecule has 2 aromatic heterocycles. The summed E-state index contributed by atoms with van der Waals surface area (Å²) in [6, 6.07) is 10.2. The van der Waals surface area contributed by atoms with Gasteiger partial charge in [-0.3, -0.25) is 14.5 Å². The Bertz CT molecular complexity index is 1130. The Kier molecular flexibility index (Phi) is 5.62. The van der Waals surface area contributed by atoms with Crippen molar-refractivity contribution >= 4 is 22.8 Å². The maximum absolute atomic E-state index is 12.4. The molecule has 0 saturated carbocycles. The molecule has 1 aromatic carbocycles. The minimum absolute atomic E-state index is 0.00739. The van der Waals surface area contributed by atoms with Crippen molar-refractivity contribution in [2.45, 2.75) is 6.92 Å². The van der Waals surface area contributed by atoms with Gasteiger partial charge in [0.25, 0.3) is 11.8 Å². The first-order chi connectivity index (χ1) is 14.5. The van der Waals surface area contributed by atoms with Crippen LogP contribution in [0.25, 0.3) is 11.0 Å². The van der Waals surface area contributed by atoms with Gasteiger partial charge in [0.1, 0.15) is 16.9 Å². The third kappa shape index (κ3) is 4.25. The van der Waals surface area contributed by atoms with E-state index in [4.69, 9.17) is 8.94 Å². The zero-order valence-electron chi connectivity index (χ0n) is 16.6. The third-order valence-electron chi connectivity index (χ3n) is 5.11. The van der Waals surface area contributed by atoms with Gasteiger partial charge in [0, 0.05) is 50.7 Å². The lowest BCUT2D eigenvalue weighted by Gasteiger charge is -2.34. The number of carbonyl (C=O) groups is 2. The molecule has 9 heteroatoms. The molecule has 0 spiro atoms. The molecular weight excluding hydrogens is 388 g/mol. The lowest BCUT2D eigenvalue weighted by molar-refractivity contribution is 0.0628. The fourth-order valence-corrected chi connectivity index (χ4v) is 3.45. The van der Waals surface area contributed by atoms with Gasteiger partial charge in [-0.15, -0.1) is 0 Å². The van der Waals surface area contributed by atoms with E-state index < -0.39 is 11.5 Å². The highest BCUT2D eigenvalue weighted by atomic mass is 16.5. The van der Waals surface area contributed by atoms with Crippen molar-refractivity contribution in [1.82, 2.24) is 20.3 Å². The summed E-state index contributed by atoms with van der Waals surface area (Å²) in [6.07, 6.45) is 0. The molecule has 9 nitrogen and oxygen atoms in total. The Morgan fingerprint density at radius 1 is 1.13 bits per heavy atom. The van der Waals surface area contributed by atoms with Crippen LogP contribution in [0.3, 0.4) is 0 Å². The summed E-state index contributed by atoms with van der Waals surface area (Å²) in [7, 11) is 0. The van der Waals surface area contributed by atoms with Crippen LogP contribution in [0.5, 0.6) is 0 Å². The highest BCUT2D eigenvalue weighted by Gasteiger charge is 2.24. The number of piperazine rings is 1. The molecule has 2 amide bonds. The molecule has 3 aromatic rings. The lowest BCUT2D eigenvalue weighted by atomic mass is 10.2. The van der Waals surface area contributed by atoms with Crippen LogP contribution in [0.15, 0.2) is 50.1 Å². The van der Waals surface area contributed by atoms with E-state index in [9.17, 15) is 14.4 Å². The van der Waals surface area contributed by atoms with Crippen LogP contribution in [0, 0.1) is 6.92 Å². The van der Waals surface area contributed by atoms with Crippen LogP contribution >= 0.6 is 0 Å². The van der Waals surface area contributed by atoms with Gasteiger partial charge >= 0.3 is 5.63 Å². The van der Waals surface area contributed by atoms with E-state index in [0.29, 0.717) is 61.7 Å². The van der Waals surface area contributed by atoms with E-state index in [1.165, 1.54) is 0 Å². The Balaban J connectivity index is 1.26. The maximum atomic E-state index is 12.4. The van der Waals surface area contributed by atoms with E-state index in [2.05, 4.69) is 15.4 Å². The number of hydrogen-bond donors (Lipinski definition) is 1. The minimum Gasteiger partial charge on any atom is -0.422 e. The number of rotatable bonds is 5. The number of aromatic nitrogens is 1. The molecular formula is C21H22N4O5.